The maximum atomic E-state index is 9.45. The highest BCUT2D eigenvalue weighted by Crippen LogP contribution is 2.21. The van der Waals surface area contributed by atoms with E-state index < -0.39 is 0 Å². The first-order chi connectivity index (χ1) is 13.0. The quantitative estimate of drug-likeness (QED) is 0.368. The summed E-state index contributed by atoms with van der Waals surface area (Å²) in [4.78, 5) is 4.29. The summed E-state index contributed by atoms with van der Waals surface area (Å²) in [6, 6.07) is 10.1. The molecule has 1 atom stereocenters. The number of ether oxygens (including phenoxy) is 1. The first kappa shape index (κ1) is 20.3. The summed E-state index contributed by atoms with van der Waals surface area (Å²) >= 11 is 0. The maximum Gasteiger partial charge on any atom is 0.188 e. The van der Waals surface area contributed by atoms with Crippen LogP contribution in [0.1, 0.15) is 30.2 Å². The number of anilines is 1. The molecular formula is C19H27N7O. The topological polar surface area (TPSA) is 127 Å². The standard InChI is InChI=1S/C19H27N7O/c1-13-6-8-15(9-7-13)26-18(21)16(11-20)17(25-26)5-4-10-23-19(22)24-14(2)12-27-3/h6-9,14H,4-5,10,12,21H2,1-3H3,(H3,22,23,24). The third kappa shape index (κ3) is 5.46. The molecule has 0 saturated carbocycles. The minimum absolute atomic E-state index is 0.0916. The lowest BCUT2D eigenvalue weighted by Crippen LogP contribution is -2.40. The van der Waals surface area contributed by atoms with Crippen molar-refractivity contribution in [2.45, 2.75) is 32.7 Å². The van der Waals surface area contributed by atoms with E-state index >= 15 is 0 Å². The zero-order valence-corrected chi connectivity index (χ0v) is 16.1. The second-order valence-electron chi connectivity index (χ2n) is 6.44. The Balaban J connectivity index is 2.02. The Morgan fingerprint density at radius 1 is 1.41 bits per heavy atom. The summed E-state index contributed by atoms with van der Waals surface area (Å²) in [6.45, 7) is 5.06. The number of nitrogens with two attached hydrogens (primary N) is 2. The lowest BCUT2D eigenvalue weighted by molar-refractivity contribution is 0.179. The molecule has 8 nitrogen and oxygen atoms in total. The van der Waals surface area contributed by atoms with Crippen LogP contribution in [-0.2, 0) is 11.2 Å². The molecule has 0 bridgehead atoms. The van der Waals surface area contributed by atoms with E-state index in [0.29, 0.717) is 49.0 Å². The highest BCUT2D eigenvalue weighted by Gasteiger charge is 2.16. The molecule has 5 N–H and O–H groups in total. The average molecular weight is 369 g/mol. The molecule has 144 valence electrons. The Morgan fingerprint density at radius 3 is 2.74 bits per heavy atom. The number of nitrogens with one attached hydrogen (secondary N) is 1. The number of aliphatic imine (C=N–C) groups is 1. The van der Waals surface area contributed by atoms with Crippen LogP contribution in [0.15, 0.2) is 29.3 Å². The number of aryl methyl sites for hydroxylation is 2. The van der Waals surface area contributed by atoms with Gasteiger partial charge in [-0.3, -0.25) is 4.99 Å². The first-order valence-corrected chi connectivity index (χ1v) is 8.86. The number of nitrogens with zero attached hydrogens (tertiary/aromatic N) is 4. The van der Waals surface area contributed by atoms with Crippen molar-refractivity contribution in [2.24, 2.45) is 10.7 Å². The number of hydrogen-bond donors (Lipinski definition) is 3. The molecule has 2 aromatic rings. The number of methoxy groups -OCH3 is 1. The van der Waals surface area contributed by atoms with Crippen LogP contribution >= 0.6 is 0 Å². The predicted octanol–water partition coefficient (Wildman–Crippen LogP) is 1.51. The van der Waals surface area contributed by atoms with E-state index in [2.05, 4.69) is 21.5 Å². The lowest BCUT2D eigenvalue weighted by Gasteiger charge is -2.12. The van der Waals surface area contributed by atoms with Gasteiger partial charge in [0.1, 0.15) is 17.5 Å². The zero-order chi connectivity index (χ0) is 19.8. The molecular weight excluding hydrogens is 342 g/mol. The number of benzene rings is 1. The van der Waals surface area contributed by atoms with Gasteiger partial charge in [0.2, 0.25) is 0 Å². The monoisotopic (exact) mass is 369 g/mol. The van der Waals surface area contributed by atoms with Gasteiger partial charge >= 0.3 is 0 Å². The van der Waals surface area contributed by atoms with Crippen LogP contribution in [0.5, 0.6) is 0 Å². The average Bonchev–Trinajstić information content (AvgIpc) is 2.95. The fourth-order valence-corrected chi connectivity index (χ4v) is 2.69. The van der Waals surface area contributed by atoms with Crippen LogP contribution in [0.4, 0.5) is 5.82 Å². The molecule has 2 rings (SSSR count). The Kier molecular flexibility index (Phi) is 7.20. The van der Waals surface area contributed by atoms with E-state index in [-0.39, 0.29) is 6.04 Å². The molecule has 0 radical (unpaired) electrons. The first-order valence-electron chi connectivity index (χ1n) is 8.86. The van der Waals surface area contributed by atoms with Crippen molar-refractivity contribution in [3.8, 4) is 11.8 Å². The summed E-state index contributed by atoms with van der Waals surface area (Å²) < 4.78 is 6.65. The summed E-state index contributed by atoms with van der Waals surface area (Å²) in [5.74, 6) is 0.735. The van der Waals surface area contributed by atoms with Gasteiger partial charge in [0.05, 0.1) is 18.0 Å². The van der Waals surface area contributed by atoms with E-state index in [1.807, 2.05) is 38.1 Å². The largest absolute Gasteiger partial charge is 0.383 e. The molecule has 1 heterocycles. The van der Waals surface area contributed by atoms with Gasteiger partial charge in [-0.1, -0.05) is 17.7 Å². The van der Waals surface area contributed by atoms with Crippen molar-refractivity contribution in [3.63, 3.8) is 0 Å². The van der Waals surface area contributed by atoms with Gasteiger partial charge in [-0.25, -0.2) is 4.68 Å². The van der Waals surface area contributed by atoms with Crippen molar-refractivity contribution in [2.75, 3.05) is 26.0 Å². The van der Waals surface area contributed by atoms with Gasteiger partial charge in [0.25, 0.3) is 0 Å². The maximum absolute atomic E-state index is 9.45. The second kappa shape index (κ2) is 9.59. The summed E-state index contributed by atoms with van der Waals surface area (Å²) in [6.07, 6.45) is 1.30. The molecule has 0 fully saturated rings. The fourth-order valence-electron chi connectivity index (χ4n) is 2.69. The van der Waals surface area contributed by atoms with Crippen molar-refractivity contribution >= 4 is 11.8 Å². The highest BCUT2D eigenvalue weighted by molar-refractivity contribution is 5.78. The molecule has 0 amide bonds. The molecule has 8 heteroatoms. The van der Waals surface area contributed by atoms with Crippen molar-refractivity contribution in [1.82, 2.24) is 15.1 Å². The second-order valence-corrected chi connectivity index (χ2v) is 6.44. The van der Waals surface area contributed by atoms with Gasteiger partial charge in [0, 0.05) is 19.7 Å². The number of aromatic nitrogens is 2. The molecule has 1 aromatic heterocycles. The third-order valence-electron chi connectivity index (χ3n) is 4.05. The number of guanidine groups is 1. The summed E-state index contributed by atoms with van der Waals surface area (Å²) in [7, 11) is 1.64. The van der Waals surface area contributed by atoms with Gasteiger partial charge in [0.15, 0.2) is 5.96 Å². The molecule has 0 aliphatic rings. The number of nitriles is 1. The van der Waals surface area contributed by atoms with Gasteiger partial charge in [-0.2, -0.15) is 10.4 Å². The van der Waals surface area contributed by atoms with Crippen LogP contribution in [0.2, 0.25) is 0 Å². The highest BCUT2D eigenvalue weighted by atomic mass is 16.5. The van der Waals surface area contributed by atoms with Crippen molar-refractivity contribution in [1.29, 1.82) is 5.26 Å². The Bertz CT molecular complexity index is 818. The number of hydrogen-bond acceptors (Lipinski definition) is 5. The van der Waals surface area contributed by atoms with Gasteiger partial charge in [-0.15, -0.1) is 0 Å². The van der Waals surface area contributed by atoms with Gasteiger partial charge in [-0.05, 0) is 38.8 Å². The molecule has 1 aromatic carbocycles. The number of rotatable bonds is 8. The molecule has 0 spiro atoms. The van der Waals surface area contributed by atoms with E-state index in [9.17, 15) is 5.26 Å². The van der Waals surface area contributed by atoms with Crippen LogP contribution in [-0.4, -0.2) is 42.0 Å². The fraction of sp³-hybridized carbons (Fsp3) is 0.421. The smallest absolute Gasteiger partial charge is 0.188 e. The van der Waals surface area contributed by atoms with Crippen LogP contribution in [0.3, 0.4) is 0 Å². The number of nitrogen functional groups attached to an aromatic ring is 1. The predicted molar refractivity (Wildman–Crippen MR) is 107 cm³/mol. The van der Waals surface area contributed by atoms with Gasteiger partial charge < -0.3 is 21.5 Å². The molecule has 0 aliphatic carbocycles. The Labute approximate surface area is 159 Å². The van der Waals surface area contributed by atoms with E-state index in [1.165, 1.54) is 0 Å². The van der Waals surface area contributed by atoms with Crippen LogP contribution < -0.4 is 16.8 Å². The SMILES string of the molecule is COCC(C)NC(N)=NCCCc1nn(-c2ccc(C)cc2)c(N)c1C#N. The zero-order valence-electron chi connectivity index (χ0n) is 16.1. The van der Waals surface area contributed by atoms with Crippen LogP contribution in [0, 0.1) is 18.3 Å². The normalized spacial score (nSPS) is 12.6. The lowest BCUT2D eigenvalue weighted by atomic mass is 10.1. The minimum atomic E-state index is 0.0916. The van der Waals surface area contributed by atoms with Crippen molar-refractivity contribution < 1.29 is 4.74 Å². The molecule has 27 heavy (non-hydrogen) atoms. The van der Waals surface area contributed by atoms with E-state index in [4.69, 9.17) is 16.2 Å². The Morgan fingerprint density at radius 2 is 2.11 bits per heavy atom. The van der Waals surface area contributed by atoms with Crippen molar-refractivity contribution in [3.05, 3.63) is 41.1 Å². The van der Waals surface area contributed by atoms with E-state index in [1.54, 1.807) is 11.8 Å². The summed E-state index contributed by atoms with van der Waals surface area (Å²) in [5.41, 5.74) is 15.0. The van der Waals surface area contributed by atoms with Crippen LogP contribution in [0.25, 0.3) is 5.69 Å². The minimum Gasteiger partial charge on any atom is -0.383 e. The summed E-state index contributed by atoms with van der Waals surface area (Å²) in [5, 5.41) is 17.0. The van der Waals surface area contributed by atoms with E-state index in [0.717, 1.165) is 11.3 Å². The molecule has 0 aliphatic heterocycles. The molecule has 1 unspecified atom stereocenters. The Hall–Kier alpha value is -3.05. The third-order valence-corrected chi connectivity index (χ3v) is 4.05. The molecule has 0 saturated heterocycles.